The number of hydrogen-bond donors (Lipinski definition) is 2. The monoisotopic (exact) mass is 317 g/mol. The summed E-state index contributed by atoms with van der Waals surface area (Å²) in [6.07, 6.45) is 1.04. The topological polar surface area (TPSA) is 75.1 Å². The maximum absolute atomic E-state index is 12.9. The molecule has 0 spiro atoms. The van der Waals surface area contributed by atoms with Crippen molar-refractivity contribution in [2.45, 2.75) is 39.3 Å². The van der Waals surface area contributed by atoms with Crippen LogP contribution in [0.1, 0.15) is 46.9 Å². The van der Waals surface area contributed by atoms with Crippen LogP contribution >= 0.6 is 0 Å². The number of aryl methyl sites for hydroxylation is 2. The molecule has 2 unspecified atom stereocenters. The Morgan fingerprint density at radius 2 is 1.96 bits per heavy atom. The summed E-state index contributed by atoms with van der Waals surface area (Å²) in [5.41, 5.74) is 1.64. The van der Waals surface area contributed by atoms with Gasteiger partial charge in [0.05, 0.1) is 17.4 Å². The zero-order chi connectivity index (χ0) is 17.0. The molecule has 0 saturated heterocycles. The third-order valence-electron chi connectivity index (χ3n) is 3.55. The highest BCUT2D eigenvalue weighted by Crippen LogP contribution is 2.19. The fraction of sp³-hybridized carbons (Fsp3) is 0.353. The maximum atomic E-state index is 12.9. The number of halogens is 1. The summed E-state index contributed by atoms with van der Waals surface area (Å²) in [4.78, 5) is 20.4. The molecule has 1 heterocycles. The summed E-state index contributed by atoms with van der Waals surface area (Å²) < 4.78 is 12.9. The van der Waals surface area contributed by atoms with Crippen molar-refractivity contribution in [2.75, 3.05) is 0 Å². The van der Waals surface area contributed by atoms with Gasteiger partial charge in [0, 0.05) is 12.2 Å². The van der Waals surface area contributed by atoms with E-state index in [4.69, 9.17) is 0 Å². The first kappa shape index (κ1) is 17.0. The highest BCUT2D eigenvalue weighted by atomic mass is 19.1. The minimum atomic E-state index is -0.777. The zero-order valence-electron chi connectivity index (χ0n) is 13.4. The van der Waals surface area contributed by atoms with Gasteiger partial charge in [-0.2, -0.15) is 0 Å². The van der Waals surface area contributed by atoms with Crippen molar-refractivity contribution in [2.24, 2.45) is 0 Å². The van der Waals surface area contributed by atoms with E-state index in [2.05, 4.69) is 15.3 Å². The van der Waals surface area contributed by atoms with Gasteiger partial charge in [-0.05, 0) is 44.9 Å². The van der Waals surface area contributed by atoms with E-state index in [0.29, 0.717) is 29.1 Å². The molecule has 23 heavy (non-hydrogen) atoms. The largest absolute Gasteiger partial charge is 0.388 e. The SMILES string of the molecule is Cc1ncc(C(=O)NC(C)CC(O)c2ccc(F)cc2)c(C)n1. The van der Waals surface area contributed by atoms with Crippen LogP contribution in [0.25, 0.3) is 0 Å². The van der Waals surface area contributed by atoms with Crippen molar-refractivity contribution >= 4 is 5.91 Å². The molecule has 5 nitrogen and oxygen atoms in total. The number of hydrogen-bond acceptors (Lipinski definition) is 4. The van der Waals surface area contributed by atoms with Gasteiger partial charge in [0.2, 0.25) is 0 Å². The molecule has 1 aromatic heterocycles. The number of rotatable bonds is 5. The lowest BCUT2D eigenvalue weighted by atomic mass is 10.0. The smallest absolute Gasteiger partial charge is 0.254 e. The average Bonchev–Trinajstić information content (AvgIpc) is 2.47. The summed E-state index contributed by atoms with van der Waals surface area (Å²) in [6.45, 7) is 5.31. The van der Waals surface area contributed by atoms with Crippen LogP contribution < -0.4 is 5.32 Å². The Kier molecular flexibility index (Phi) is 5.39. The molecule has 2 rings (SSSR count). The van der Waals surface area contributed by atoms with Crippen LogP contribution in [0.4, 0.5) is 4.39 Å². The fourth-order valence-electron chi connectivity index (χ4n) is 2.32. The Balaban J connectivity index is 1.97. The second kappa shape index (κ2) is 7.28. The number of aliphatic hydroxyl groups excluding tert-OH is 1. The van der Waals surface area contributed by atoms with Gasteiger partial charge in [0.1, 0.15) is 11.6 Å². The molecule has 0 fully saturated rings. The summed E-state index contributed by atoms with van der Waals surface area (Å²) in [6, 6.07) is 5.41. The molecule has 122 valence electrons. The third-order valence-corrected chi connectivity index (χ3v) is 3.55. The number of nitrogens with one attached hydrogen (secondary N) is 1. The van der Waals surface area contributed by atoms with Crippen molar-refractivity contribution in [3.8, 4) is 0 Å². The molecule has 0 bridgehead atoms. The molecule has 6 heteroatoms. The molecule has 0 aliphatic carbocycles. The Morgan fingerprint density at radius 3 is 2.57 bits per heavy atom. The fourth-order valence-corrected chi connectivity index (χ4v) is 2.32. The van der Waals surface area contributed by atoms with Crippen molar-refractivity contribution in [1.29, 1.82) is 0 Å². The minimum absolute atomic E-state index is 0.261. The molecule has 0 radical (unpaired) electrons. The van der Waals surface area contributed by atoms with Crippen molar-refractivity contribution in [3.05, 3.63) is 58.9 Å². The van der Waals surface area contributed by atoms with E-state index in [1.807, 2.05) is 0 Å². The summed E-state index contributed by atoms with van der Waals surface area (Å²) >= 11 is 0. The van der Waals surface area contributed by atoms with Gasteiger partial charge in [-0.25, -0.2) is 14.4 Å². The molecule has 2 atom stereocenters. The van der Waals surface area contributed by atoms with E-state index in [1.54, 1.807) is 20.8 Å². The number of aromatic nitrogens is 2. The highest BCUT2D eigenvalue weighted by Gasteiger charge is 2.17. The molecule has 2 aromatic rings. The van der Waals surface area contributed by atoms with Crippen LogP contribution in [0.3, 0.4) is 0 Å². The number of carbonyl (C=O) groups excluding carboxylic acids is 1. The van der Waals surface area contributed by atoms with Crippen molar-refractivity contribution < 1.29 is 14.3 Å². The van der Waals surface area contributed by atoms with Crippen LogP contribution in [0, 0.1) is 19.7 Å². The molecule has 2 N–H and O–H groups in total. The first-order valence-electron chi connectivity index (χ1n) is 7.41. The first-order valence-corrected chi connectivity index (χ1v) is 7.41. The molecule has 0 saturated carbocycles. The van der Waals surface area contributed by atoms with Crippen LogP contribution in [-0.4, -0.2) is 27.0 Å². The van der Waals surface area contributed by atoms with Crippen molar-refractivity contribution in [1.82, 2.24) is 15.3 Å². The quantitative estimate of drug-likeness (QED) is 0.888. The molecule has 1 aromatic carbocycles. The molecule has 0 aliphatic heterocycles. The van der Waals surface area contributed by atoms with E-state index < -0.39 is 6.10 Å². The predicted octanol–water partition coefficient (Wildman–Crippen LogP) is 2.47. The van der Waals surface area contributed by atoms with Gasteiger partial charge in [0.15, 0.2) is 0 Å². The number of nitrogens with zero attached hydrogens (tertiary/aromatic N) is 2. The van der Waals surface area contributed by atoms with E-state index in [-0.39, 0.29) is 17.8 Å². The number of aliphatic hydroxyl groups is 1. The van der Waals surface area contributed by atoms with Gasteiger partial charge < -0.3 is 10.4 Å². The highest BCUT2D eigenvalue weighted by molar-refractivity contribution is 5.95. The van der Waals surface area contributed by atoms with Crippen molar-refractivity contribution in [3.63, 3.8) is 0 Å². The second-order valence-corrected chi connectivity index (χ2v) is 5.59. The van der Waals surface area contributed by atoms with E-state index in [9.17, 15) is 14.3 Å². The lowest BCUT2D eigenvalue weighted by molar-refractivity contribution is 0.0915. The van der Waals surface area contributed by atoms with Gasteiger partial charge in [-0.3, -0.25) is 4.79 Å². The Bertz CT molecular complexity index is 689. The summed E-state index contributed by atoms with van der Waals surface area (Å²) in [7, 11) is 0. The molecular formula is C17H20FN3O2. The maximum Gasteiger partial charge on any atom is 0.254 e. The zero-order valence-corrected chi connectivity index (χ0v) is 13.4. The Labute approximate surface area is 134 Å². The minimum Gasteiger partial charge on any atom is -0.388 e. The molecular weight excluding hydrogens is 297 g/mol. The summed E-state index contributed by atoms with van der Waals surface area (Å²) in [5, 5.41) is 13.0. The van der Waals surface area contributed by atoms with Gasteiger partial charge in [-0.15, -0.1) is 0 Å². The van der Waals surface area contributed by atoms with Crippen LogP contribution in [0.2, 0.25) is 0 Å². The Morgan fingerprint density at radius 1 is 1.30 bits per heavy atom. The second-order valence-electron chi connectivity index (χ2n) is 5.59. The van der Waals surface area contributed by atoms with Crippen LogP contribution in [0.5, 0.6) is 0 Å². The average molecular weight is 317 g/mol. The van der Waals surface area contributed by atoms with E-state index in [1.165, 1.54) is 30.5 Å². The van der Waals surface area contributed by atoms with E-state index >= 15 is 0 Å². The normalized spacial score (nSPS) is 13.4. The third kappa shape index (κ3) is 4.56. The lowest BCUT2D eigenvalue weighted by Gasteiger charge is -2.18. The number of benzene rings is 1. The van der Waals surface area contributed by atoms with Gasteiger partial charge >= 0.3 is 0 Å². The van der Waals surface area contributed by atoms with Gasteiger partial charge in [-0.1, -0.05) is 12.1 Å². The first-order chi connectivity index (χ1) is 10.9. The Hall–Kier alpha value is -2.34. The number of carbonyl (C=O) groups is 1. The predicted molar refractivity (Wildman–Crippen MR) is 84.4 cm³/mol. The molecule has 0 aliphatic rings. The molecule has 1 amide bonds. The number of amides is 1. The van der Waals surface area contributed by atoms with Gasteiger partial charge in [0.25, 0.3) is 5.91 Å². The van der Waals surface area contributed by atoms with E-state index in [0.717, 1.165) is 0 Å². The van der Waals surface area contributed by atoms with Crippen LogP contribution in [-0.2, 0) is 0 Å². The standard InChI is InChI=1S/C17H20FN3O2/c1-10(8-16(22)13-4-6-14(18)7-5-13)20-17(23)15-9-19-12(3)21-11(15)2/h4-7,9-10,16,22H,8H2,1-3H3,(H,20,23). The summed E-state index contributed by atoms with van der Waals surface area (Å²) in [5.74, 6) is -0.0164. The lowest BCUT2D eigenvalue weighted by Crippen LogP contribution is -2.34. The van der Waals surface area contributed by atoms with Crippen LogP contribution in [0.15, 0.2) is 30.5 Å².